The third kappa shape index (κ3) is 1.89. The lowest BCUT2D eigenvalue weighted by Crippen LogP contribution is -1.99. The van der Waals surface area contributed by atoms with Crippen molar-refractivity contribution in [3.05, 3.63) is 60.9 Å². The van der Waals surface area contributed by atoms with Crippen molar-refractivity contribution in [1.82, 2.24) is 15.0 Å². The average Bonchev–Trinajstić information content (AvgIpc) is 2.54. The molecule has 0 spiro atoms. The monoisotopic (exact) mass is 272 g/mol. The van der Waals surface area contributed by atoms with Crippen LogP contribution in [0, 0.1) is 0 Å². The molecule has 4 aromatic rings. The summed E-state index contributed by atoms with van der Waals surface area (Å²) in [5.74, 6) is 0.435. The first-order chi connectivity index (χ1) is 10.3. The van der Waals surface area contributed by atoms with Gasteiger partial charge >= 0.3 is 0 Å². The quantitative estimate of drug-likeness (QED) is 0.576. The molecule has 2 aromatic carbocycles. The van der Waals surface area contributed by atoms with Crippen LogP contribution in [0.4, 0.5) is 5.82 Å². The first-order valence-corrected chi connectivity index (χ1v) is 6.68. The van der Waals surface area contributed by atoms with Crippen LogP contribution < -0.4 is 5.73 Å². The van der Waals surface area contributed by atoms with Gasteiger partial charge in [-0.15, -0.1) is 0 Å². The summed E-state index contributed by atoms with van der Waals surface area (Å²) >= 11 is 0. The average molecular weight is 272 g/mol. The topological polar surface area (TPSA) is 64.7 Å². The minimum Gasteiger partial charge on any atom is -0.382 e. The van der Waals surface area contributed by atoms with Crippen molar-refractivity contribution in [2.24, 2.45) is 0 Å². The molecule has 0 atom stereocenters. The molecule has 0 aliphatic heterocycles. The van der Waals surface area contributed by atoms with Crippen molar-refractivity contribution in [1.29, 1.82) is 0 Å². The molecular formula is C17H12N4. The molecule has 0 fully saturated rings. The molecule has 2 heterocycles. The number of aromatic nitrogens is 3. The summed E-state index contributed by atoms with van der Waals surface area (Å²) in [5, 5.41) is 2.13. The van der Waals surface area contributed by atoms with Gasteiger partial charge in [-0.1, -0.05) is 30.3 Å². The van der Waals surface area contributed by atoms with Crippen molar-refractivity contribution < 1.29 is 0 Å². The molecule has 4 heteroatoms. The van der Waals surface area contributed by atoms with Crippen LogP contribution in [0.2, 0.25) is 0 Å². The third-order valence-electron chi connectivity index (χ3n) is 3.54. The van der Waals surface area contributed by atoms with Crippen LogP contribution in [0.3, 0.4) is 0 Å². The van der Waals surface area contributed by atoms with Crippen LogP contribution >= 0.6 is 0 Å². The number of fused-ring (bicyclic) bond motifs is 2. The van der Waals surface area contributed by atoms with Gasteiger partial charge in [-0.25, -0.2) is 9.97 Å². The number of anilines is 1. The lowest BCUT2D eigenvalue weighted by molar-refractivity contribution is 1.30. The Labute approximate surface area is 121 Å². The van der Waals surface area contributed by atoms with E-state index >= 15 is 0 Å². The fraction of sp³-hybridized carbons (Fsp3) is 0. The predicted molar refractivity (Wildman–Crippen MR) is 84.7 cm³/mol. The zero-order valence-electron chi connectivity index (χ0n) is 11.2. The summed E-state index contributed by atoms with van der Waals surface area (Å²) in [5.41, 5.74) is 9.41. The van der Waals surface area contributed by atoms with Crippen molar-refractivity contribution in [2.75, 3.05) is 5.73 Å². The fourth-order valence-corrected chi connectivity index (χ4v) is 2.53. The van der Waals surface area contributed by atoms with Gasteiger partial charge in [-0.05, 0) is 23.6 Å². The maximum Gasteiger partial charge on any atom is 0.150 e. The van der Waals surface area contributed by atoms with Gasteiger partial charge in [0.05, 0.1) is 11.0 Å². The second-order valence-corrected chi connectivity index (χ2v) is 4.85. The van der Waals surface area contributed by atoms with E-state index in [0.717, 1.165) is 27.4 Å². The summed E-state index contributed by atoms with van der Waals surface area (Å²) in [4.78, 5) is 13.3. The first-order valence-electron chi connectivity index (χ1n) is 6.68. The van der Waals surface area contributed by atoms with Gasteiger partial charge < -0.3 is 5.73 Å². The number of hydrogen-bond acceptors (Lipinski definition) is 4. The van der Waals surface area contributed by atoms with Crippen molar-refractivity contribution in [2.45, 2.75) is 0 Å². The van der Waals surface area contributed by atoms with Crippen molar-refractivity contribution >= 4 is 27.6 Å². The van der Waals surface area contributed by atoms with E-state index < -0.39 is 0 Å². The molecule has 0 aliphatic carbocycles. The number of nitrogens with two attached hydrogens (primary N) is 1. The highest BCUT2D eigenvalue weighted by atomic mass is 14.9. The van der Waals surface area contributed by atoms with Crippen LogP contribution in [0.5, 0.6) is 0 Å². The lowest BCUT2D eigenvalue weighted by Gasteiger charge is -2.09. The normalized spacial score (nSPS) is 11.0. The Kier molecular flexibility index (Phi) is 2.54. The van der Waals surface area contributed by atoms with Crippen LogP contribution in [-0.2, 0) is 0 Å². The smallest absolute Gasteiger partial charge is 0.150 e. The molecular weight excluding hydrogens is 260 g/mol. The lowest BCUT2D eigenvalue weighted by atomic mass is 10.0. The maximum atomic E-state index is 6.12. The van der Waals surface area contributed by atoms with Crippen molar-refractivity contribution in [3.8, 4) is 11.3 Å². The molecule has 0 saturated carbocycles. The molecule has 100 valence electrons. The van der Waals surface area contributed by atoms with E-state index in [1.54, 1.807) is 6.20 Å². The second kappa shape index (κ2) is 4.52. The van der Waals surface area contributed by atoms with E-state index in [4.69, 9.17) is 5.73 Å². The number of rotatable bonds is 1. The number of benzene rings is 2. The maximum absolute atomic E-state index is 6.12. The highest BCUT2D eigenvalue weighted by molar-refractivity contribution is 5.98. The molecule has 2 aromatic heterocycles. The second-order valence-electron chi connectivity index (χ2n) is 4.85. The van der Waals surface area contributed by atoms with E-state index in [-0.39, 0.29) is 0 Å². The minimum atomic E-state index is 0.435. The first kappa shape index (κ1) is 11.8. The number of pyridine rings is 1. The van der Waals surface area contributed by atoms with E-state index in [9.17, 15) is 0 Å². The Bertz CT molecular complexity index is 958. The largest absolute Gasteiger partial charge is 0.382 e. The highest BCUT2D eigenvalue weighted by Gasteiger charge is 2.11. The SMILES string of the molecule is Nc1nc2ccccc2nc1-c1cccc2ccncc12. The Morgan fingerprint density at radius 1 is 0.810 bits per heavy atom. The summed E-state index contributed by atoms with van der Waals surface area (Å²) < 4.78 is 0. The standard InChI is InChI=1S/C17H12N4/c18-17-16(20-14-6-1-2-7-15(14)21-17)12-5-3-4-11-8-9-19-10-13(11)12/h1-10H,(H2,18,21). The van der Waals surface area contributed by atoms with E-state index in [1.807, 2.05) is 54.7 Å². The number of nitrogens with zero attached hydrogens (tertiary/aromatic N) is 3. The Hall–Kier alpha value is -3.01. The molecule has 0 aliphatic rings. The Balaban J connectivity index is 2.06. The number of nitrogen functional groups attached to an aromatic ring is 1. The van der Waals surface area contributed by atoms with Gasteiger partial charge in [0.15, 0.2) is 5.82 Å². The van der Waals surface area contributed by atoms with Crippen molar-refractivity contribution in [3.63, 3.8) is 0 Å². The third-order valence-corrected chi connectivity index (χ3v) is 3.54. The minimum absolute atomic E-state index is 0.435. The van der Waals surface area contributed by atoms with Gasteiger partial charge in [0, 0.05) is 23.3 Å². The molecule has 0 bridgehead atoms. The molecule has 4 nitrogen and oxygen atoms in total. The summed E-state index contributed by atoms with van der Waals surface area (Å²) in [7, 11) is 0. The Morgan fingerprint density at radius 3 is 2.48 bits per heavy atom. The Morgan fingerprint density at radius 2 is 1.62 bits per heavy atom. The molecule has 2 N–H and O–H groups in total. The zero-order valence-corrected chi connectivity index (χ0v) is 11.2. The van der Waals surface area contributed by atoms with Gasteiger partial charge in [-0.3, -0.25) is 4.98 Å². The van der Waals surface area contributed by atoms with Crippen LogP contribution in [-0.4, -0.2) is 15.0 Å². The van der Waals surface area contributed by atoms with E-state index in [0.29, 0.717) is 11.5 Å². The zero-order chi connectivity index (χ0) is 14.2. The van der Waals surface area contributed by atoms with Gasteiger partial charge in [0.1, 0.15) is 5.69 Å². The van der Waals surface area contributed by atoms with Crippen LogP contribution in [0.25, 0.3) is 33.1 Å². The summed E-state index contributed by atoms with van der Waals surface area (Å²) in [6.45, 7) is 0. The highest BCUT2D eigenvalue weighted by Crippen LogP contribution is 2.30. The molecule has 21 heavy (non-hydrogen) atoms. The van der Waals surface area contributed by atoms with E-state index in [1.165, 1.54) is 0 Å². The molecule has 0 unspecified atom stereocenters. The molecule has 4 rings (SSSR count). The number of para-hydroxylation sites is 2. The predicted octanol–water partition coefficient (Wildman–Crippen LogP) is 3.43. The summed E-state index contributed by atoms with van der Waals surface area (Å²) in [6, 6.07) is 15.7. The van der Waals surface area contributed by atoms with Gasteiger partial charge in [0.2, 0.25) is 0 Å². The van der Waals surface area contributed by atoms with Gasteiger partial charge in [-0.2, -0.15) is 0 Å². The molecule has 0 saturated heterocycles. The van der Waals surface area contributed by atoms with E-state index in [2.05, 4.69) is 15.0 Å². The summed E-state index contributed by atoms with van der Waals surface area (Å²) in [6.07, 6.45) is 3.61. The molecule has 0 amide bonds. The van der Waals surface area contributed by atoms with Crippen LogP contribution in [0.1, 0.15) is 0 Å². The fourth-order valence-electron chi connectivity index (χ4n) is 2.53. The number of hydrogen-bond donors (Lipinski definition) is 1. The van der Waals surface area contributed by atoms with Gasteiger partial charge in [0.25, 0.3) is 0 Å². The molecule has 0 radical (unpaired) electrons. The van der Waals surface area contributed by atoms with Crippen LogP contribution in [0.15, 0.2) is 60.9 Å².